The van der Waals surface area contributed by atoms with Gasteiger partial charge in [-0.3, -0.25) is 19.4 Å². The van der Waals surface area contributed by atoms with E-state index in [4.69, 9.17) is 4.74 Å². The Bertz CT molecular complexity index is 1160. The molecule has 1 heterocycles. The van der Waals surface area contributed by atoms with E-state index in [-0.39, 0.29) is 11.5 Å². The maximum Gasteiger partial charge on any atom is 0.332 e. The van der Waals surface area contributed by atoms with Crippen LogP contribution in [0, 0.1) is 0 Å². The van der Waals surface area contributed by atoms with Gasteiger partial charge in [0.15, 0.2) is 11.5 Å². The fraction of sp³-hybridized carbons (Fsp3) is 0.150. The smallest absolute Gasteiger partial charge is 0.332 e. The molecule has 0 fully saturated rings. The van der Waals surface area contributed by atoms with Crippen LogP contribution in [-0.4, -0.2) is 22.5 Å². The zero-order chi connectivity index (χ0) is 20.8. The SMILES string of the molecule is COc1ccc(/C=N\Nc2c(N=Nc3ccccc3)c(=O)n(C)c(=O)n2C)cc1. The standard InChI is InChI=1S/C20H20N6O3/c1-25-18(24-21-13-14-9-11-16(29-3)12-10-14)17(19(27)26(2)20(25)28)23-22-15-7-5-4-6-8-15/h4-13,24H,1-3H3/b21-13-,23-22?. The largest absolute Gasteiger partial charge is 0.497 e. The minimum Gasteiger partial charge on any atom is -0.497 e. The van der Waals surface area contributed by atoms with Crippen molar-refractivity contribution in [1.29, 1.82) is 0 Å². The minimum atomic E-state index is -0.574. The molecule has 0 spiro atoms. The summed E-state index contributed by atoms with van der Waals surface area (Å²) in [5, 5.41) is 12.3. The number of nitrogens with one attached hydrogen (secondary N) is 1. The lowest BCUT2D eigenvalue weighted by molar-refractivity contribution is 0.415. The van der Waals surface area contributed by atoms with Gasteiger partial charge >= 0.3 is 5.69 Å². The van der Waals surface area contributed by atoms with Crippen molar-refractivity contribution in [3.63, 3.8) is 0 Å². The highest BCUT2D eigenvalue weighted by atomic mass is 16.5. The lowest BCUT2D eigenvalue weighted by atomic mass is 10.2. The number of hydrogen-bond donors (Lipinski definition) is 1. The molecule has 9 heteroatoms. The number of rotatable bonds is 6. The summed E-state index contributed by atoms with van der Waals surface area (Å²) in [4.78, 5) is 24.9. The Hall–Kier alpha value is -4.01. The zero-order valence-corrected chi connectivity index (χ0v) is 16.2. The molecule has 1 N–H and O–H groups in total. The first-order valence-electron chi connectivity index (χ1n) is 8.71. The highest BCUT2D eigenvalue weighted by molar-refractivity contribution is 5.80. The molecule has 2 aromatic carbocycles. The first kappa shape index (κ1) is 19.7. The summed E-state index contributed by atoms with van der Waals surface area (Å²) in [6.45, 7) is 0. The molecule has 0 aliphatic heterocycles. The lowest BCUT2D eigenvalue weighted by Crippen LogP contribution is -2.37. The summed E-state index contributed by atoms with van der Waals surface area (Å²) in [5.41, 5.74) is 3.02. The molecule has 0 aliphatic carbocycles. The lowest BCUT2D eigenvalue weighted by Gasteiger charge is -2.11. The summed E-state index contributed by atoms with van der Waals surface area (Å²) in [7, 11) is 4.50. The van der Waals surface area contributed by atoms with E-state index in [2.05, 4.69) is 20.8 Å². The number of anilines is 1. The molecule has 0 radical (unpaired) electrons. The van der Waals surface area contributed by atoms with Crippen molar-refractivity contribution in [3.8, 4) is 5.75 Å². The van der Waals surface area contributed by atoms with Gasteiger partial charge in [-0.15, -0.1) is 5.11 Å². The van der Waals surface area contributed by atoms with Gasteiger partial charge in [-0.1, -0.05) is 18.2 Å². The van der Waals surface area contributed by atoms with Crippen LogP contribution in [0.25, 0.3) is 0 Å². The molecule has 1 aromatic heterocycles. The third kappa shape index (κ3) is 4.46. The summed E-state index contributed by atoms with van der Waals surface area (Å²) < 4.78 is 7.34. The molecule has 29 heavy (non-hydrogen) atoms. The van der Waals surface area contributed by atoms with Crippen LogP contribution in [0.5, 0.6) is 5.75 Å². The van der Waals surface area contributed by atoms with Crippen molar-refractivity contribution in [2.75, 3.05) is 12.5 Å². The van der Waals surface area contributed by atoms with E-state index in [9.17, 15) is 9.59 Å². The molecule has 3 rings (SSSR count). The topological polar surface area (TPSA) is 102 Å². The molecule has 0 aliphatic rings. The summed E-state index contributed by atoms with van der Waals surface area (Å²) in [6.07, 6.45) is 1.56. The van der Waals surface area contributed by atoms with Gasteiger partial charge in [0.05, 0.1) is 19.0 Å². The molecule has 148 valence electrons. The second-order valence-electron chi connectivity index (χ2n) is 6.08. The van der Waals surface area contributed by atoms with Crippen molar-refractivity contribution >= 4 is 23.4 Å². The van der Waals surface area contributed by atoms with E-state index in [1.54, 1.807) is 37.6 Å². The van der Waals surface area contributed by atoms with Crippen molar-refractivity contribution in [2.45, 2.75) is 0 Å². The third-order valence-electron chi connectivity index (χ3n) is 4.16. The molecule has 0 saturated heterocycles. The summed E-state index contributed by atoms with van der Waals surface area (Å²) >= 11 is 0. The Kier molecular flexibility index (Phi) is 5.98. The monoisotopic (exact) mass is 392 g/mol. The van der Waals surface area contributed by atoms with Gasteiger partial charge in [0, 0.05) is 14.1 Å². The van der Waals surface area contributed by atoms with Crippen molar-refractivity contribution in [2.24, 2.45) is 29.4 Å². The van der Waals surface area contributed by atoms with Gasteiger partial charge in [-0.05, 0) is 42.0 Å². The summed E-state index contributed by atoms with van der Waals surface area (Å²) in [5.74, 6) is 0.871. The van der Waals surface area contributed by atoms with E-state index in [1.165, 1.54) is 18.7 Å². The Morgan fingerprint density at radius 2 is 1.62 bits per heavy atom. The Labute approximate surface area is 166 Å². The molecule has 3 aromatic rings. The van der Waals surface area contributed by atoms with Crippen LogP contribution < -0.4 is 21.4 Å². The Morgan fingerprint density at radius 1 is 0.931 bits per heavy atom. The molecular weight excluding hydrogens is 372 g/mol. The van der Waals surface area contributed by atoms with Crippen LogP contribution in [0.4, 0.5) is 17.2 Å². The van der Waals surface area contributed by atoms with Crippen LogP contribution in [0.3, 0.4) is 0 Å². The highest BCUT2D eigenvalue weighted by Gasteiger charge is 2.15. The van der Waals surface area contributed by atoms with E-state index in [1.807, 2.05) is 30.3 Å². The second kappa shape index (κ2) is 8.79. The quantitative estimate of drug-likeness (QED) is 0.396. The van der Waals surface area contributed by atoms with Crippen LogP contribution in [0.2, 0.25) is 0 Å². The molecular formula is C20H20N6O3. The number of ether oxygens (including phenoxy) is 1. The van der Waals surface area contributed by atoms with Crippen LogP contribution >= 0.6 is 0 Å². The Morgan fingerprint density at radius 3 is 2.28 bits per heavy atom. The number of benzene rings is 2. The highest BCUT2D eigenvalue weighted by Crippen LogP contribution is 2.21. The summed E-state index contributed by atoms with van der Waals surface area (Å²) in [6, 6.07) is 16.2. The molecule has 0 saturated carbocycles. The molecule has 9 nitrogen and oxygen atoms in total. The van der Waals surface area contributed by atoms with Crippen molar-refractivity contribution < 1.29 is 4.74 Å². The van der Waals surface area contributed by atoms with Gasteiger partial charge in [-0.25, -0.2) is 4.79 Å². The van der Waals surface area contributed by atoms with Gasteiger partial charge in [0.2, 0.25) is 0 Å². The number of nitrogens with zero attached hydrogens (tertiary/aromatic N) is 5. The Balaban J connectivity index is 1.95. The fourth-order valence-corrected chi connectivity index (χ4v) is 2.50. The second-order valence-corrected chi connectivity index (χ2v) is 6.08. The average Bonchev–Trinajstić information content (AvgIpc) is 2.76. The normalized spacial score (nSPS) is 11.3. The van der Waals surface area contributed by atoms with Crippen LogP contribution in [0.1, 0.15) is 5.56 Å². The number of aromatic nitrogens is 2. The first-order chi connectivity index (χ1) is 14.0. The van der Waals surface area contributed by atoms with Crippen LogP contribution in [0.15, 0.2) is 79.5 Å². The predicted octanol–water partition coefficient (Wildman–Crippen LogP) is 2.95. The molecule has 0 bridgehead atoms. The van der Waals surface area contributed by atoms with E-state index >= 15 is 0 Å². The van der Waals surface area contributed by atoms with Crippen molar-refractivity contribution in [3.05, 3.63) is 81.0 Å². The first-order valence-corrected chi connectivity index (χ1v) is 8.71. The van der Waals surface area contributed by atoms with Crippen LogP contribution in [-0.2, 0) is 14.1 Å². The maximum absolute atomic E-state index is 12.6. The van der Waals surface area contributed by atoms with E-state index < -0.39 is 11.2 Å². The third-order valence-corrected chi connectivity index (χ3v) is 4.16. The van der Waals surface area contributed by atoms with Gasteiger partial charge in [-0.2, -0.15) is 10.2 Å². The number of hydrazone groups is 1. The maximum atomic E-state index is 12.6. The van der Waals surface area contributed by atoms with E-state index in [0.29, 0.717) is 5.69 Å². The van der Waals surface area contributed by atoms with Gasteiger partial charge in [0.25, 0.3) is 5.56 Å². The molecule has 0 unspecified atom stereocenters. The van der Waals surface area contributed by atoms with E-state index in [0.717, 1.165) is 15.9 Å². The zero-order valence-electron chi connectivity index (χ0n) is 16.2. The molecule has 0 atom stereocenters. The number of azo groups is 1. The average molecular weight is 392 g/mol. The van der Waals surface area contributed by atoms with Gasteiger partial charge in [0.1, 0.15) is 5.75 Å². The predicted molar refractivity (Wildman–Crippen MR) is 112 cm³/mol. The minimum absolute atomic E-state index is 0.0228. The fourth-order valence-electron chi connectivity index (χ4n) is 2.50. The van der Waals surface area contributed by atoms with Gasteiger partial charge < -0.3 is 4.74 Å². The number of methoxy groups -OCH3 is 1. The molecule has 0 amide bonds. The van der Waals surface area contributed by atoms with Crippen molar-refractivity contribution in [1.82, 2.24) is 9.13 Å². The number of hydrogen-bond acceptors (Lipinski definition) is 7.